The molecule has 0 saturated carbocycles. The molecular formula is C25H24F4N2O2. The summed E-state index contributed by atoms with van der Waals surface area (Å²) >= 11 is 0. The predicted molar refractivity (Wildman–Crippen MR) is 118 cm³/mol. The molecule has 3 aromatic rings. The van der Waals surface area contributed by atoms with Crippen molar-refractivity contribution >= 4 is 22.9 Å². The lowest BCUT2D eigenvalue weighted by Gasteiger charge is -2.43. The van der Waals surface area contributed by atoms with E-state index in [1.807, 2.05) is 31.2 Å². The second-order valence-corrected chi connectivity index (χ2v) is 9.11. The van der Waals surface area contributed by atoms with Crippen LogP contribution in [0.15, 0.2) is 42.2 Å². The maximum Gasteiger partial charge on any atom is 0.364 e. The van der Waals surface area contributed by atoms with Gasteiger partial charge in [0, 0.05) is 34.7 Å². The van der Waals surface area contributed by atoms with Gasteiger partial charge in [0.25, 0.3) is 0 Å². The number of para-hydroxylation sites is 1. The van der Waals surface area contributed by atoms with Gasteiger partial charge in [-0.1, -0.05) is 18.2 Å². The fourth-order valence-corrected chi connectivity index (χ4v) is 4.66. The number of benzene rings is 2. The minimum atomic E-state index is -1.83. The average molecular weight is 460 g/mol. The Morgan fingerprint density at radius 3 is 2.48 bits per heavy atom. The second kappa shape index (κ2) is 8.33. The Bertz CT molecular complexity index is 1240. The number of hydrogen-bond acceptors (Lipinski definition) is 2. The Kier molecular flexibility index (Phi) is 5.82. The van der Waals surface area contributed by atoms with E-state index in [-0.39, 0.29) is 23.7 Å². The van der Waals surface area contributed by atoms with E-state index < -0.39 is 35.1 Å². The number of carboxylic acid groups (broad SMARTS) is 1. The van der Waals surface area contributed by atoms with Crippen molar-refractivity contribution in [3.05, 3.63) is 76.2 Å². The number of alkyl halides is 1. The molecule has 1 aliphatic heterocycles. The van der Waals surface area contributed by atoms with Crippen LogP contribution in [0.4, 0.5) is 17.6 Å². The molecule has 2 aromatic carbocycles. The number of fused-ring (bicyclic) bond motifs is 3. The van der Waals surface area contributed by atoms with Crippen molar-refractivity contribution in [2.45, 2.75) is 44.9 Å². The molecule has 0 amide bonds. The molecule has 0 unspecified atom stereocenters. The zero-order valence-corrected chi connectivity index (χ0v) is 18.4. The fourth-order valence-electron chi connectivity index (χ4n) is 4.66. The summed E-state index contributed by atoms with van der Waals surface area (Å²) in [5.41, 5.74) is 0.117. The first kappa shape index (κ1) is 23.0. The van der Waals surface area contributed by atoms with E-state index in [0.29, 0.717) is 18.2 Å². The standard InChI is InChI=1S/C25H24F4N2O2/c1-13-8-16-15-6-4-5-7-20(15)30-22(16)23(31(13)12-25(2,3)29)21-17(26)9-14(10-18(21)27)11-19(28)24(32)33/h4-7,9-11,13,23,30H,8,12H2,1-3H3,(H,32,33)/b19-11-/t13-,23-/m1/s1. The van der Waals surface area contributed by atoms with Crippen molar-refractivity contribution in [1.82, 2.24) is 9.88 Å². The molecule has 2 heterocycles. The number of nitrogens with one attached hydrogen (secondary N) is 1. The zero-order chi connectivity index (χ0) is 24.1. The molecule has 2 N–H and O–H groups in total. The first-order valence-electron chi connectivity index (χ1n) is 10.6. The molecule has 0 fully saturated rings. The van der Waals surface area contributed by atoms with Crippen molar-refractivity contribution in [3.63, 3.8) is 0 Å². The molecule has 0 radical (unpaired) electrons. The van der Waals surface area contributed by atoms with Gasteiger partial charge in [0.2, 0.25) is 5.83 Å². The minimum absolute atomic E-state index is 0.0676. The molecular weight excluding hydrogens is 436 g/mol. The van der Waals surface area contributed by atoms with Crippen LogP contribution in [0.1, 0.15) is 49.2 Å². The molecule has 2 atom stereocenters. The molecule has 4 rings (SSSR count). The first-order chi connectivity index (χ1) is 15.5. The van der Waals surface area contributed by atoms with Crippen molar-refractivity contribution in [1.29, 1.82) is 0 Å². The molecule has 174 valence electrons. The number of aromatic nitrogens is 1. The van der Waals surface area contributed by atoms with Crippen LogP contribution in [0.2, 0.25) is 0 Å². The van der Waals surface area contributed by atoms with E-state index in [2.05, 4.69) is 4.98 Å². The minimum Gasteiger partial charge on any atom is -0.476 e. The average Bonchev–Trinajstić information content (AvgIpc) is 3.06. The molecule has 0 bridgehead atoms. The molecule has 0 spiro atoms. The SMILES string of the molecule is C[C@@H]1Cc2c([nH]c3ccccc23)[C@@H](c2c(F)cc(/C=C(\F)C(=O)O)cc2F)N1CC(C)(C)F. The first-order valence-corrected chi connectivity index (χ1v) is 10.6. The Labute approximate surface area is 188 Å². The fraction of sp³-hybridized carbons (Fsp3) is 0.320. The number of hydrogen-bond donors (Lipinski definition) is 2. The van der Waals surface area contributed by atoms with E-state index >= 15 is 8.78 Å². The number of aliphatic carboxylic acids is 1. The number of carboxylic acids is 1. The van der Waals surface area contributed by atoms with Gasteiger partial charge in [-0.3, -0.25) is 4.90 Å². The maximum atomic E-state index is 15.4. The summed E-state index contributed by atoms with van der Waals surface area (Å²) in [6, 6.07) is 8.14. The maximum absolute atomic E-state index is 15.4. The molecule has 0 aliphatic carbocycles. The zero-order valence-electron chi connectivity index (χ0n) is 18.4. The van der Waals surface area contributed by atoms with E-state index in [4.69, 9.17) is 5.11 Å². The van der Waals surface area contributed by atoms with Crippen LogP contribution in [0.3, 0.4) is 0 Å². The number of halogens is 4. The van der Waals surface area contributed by atoms with Gasteiger partial charge in [-0.05, 0) is 62.6 Å². The molecule has 4 nitrogen and oxygen atoms in total. The Hall–Kier alpha value is -3.13. The molecule has 1 aromatic heterocycles. The smallest absolute Gasteiger partial charge is 0.364 e. The van der Waals surface area contributed by atoms with Gasteiger partial charge in [0.15, 0.2) is 0 Å². The van der Waals surface area contributed by atoms with Crippen LogP contribution >= 0.6 is 0 Å². The molecule has 8 heteroatoms. The lowest BCUT2D eigenvalue weighted by atomic mass is 9.87. The molecule has 33 heavy (non-hydrogen) atoms. The highest BCUT2D eigenvalue weighted by Crippen LogP contribution is 2.43. The van der Waals surface area contributed by atoms with Gasteiger partial charge in [-0.15, -0.1) is 0 Å². The third-order valence-corrected chi connectivity index (χ3v) is 5.95. The number of rotatable bonds is 5. The van der Waals surface area contributed by atoms with Gasteiger partial charge in [0.05, 0.1) is 6.04 Å². The summed E-state index contributed by atoms with van der Waals surface area (Å²) in [5, 5.41) is 9.65. The largest absolute Gasteiger partial charge is 0.476 e. The van der Waals surface area contributed by atoms with Gasteiger partial charge in [-0.2, -0.15) is 4.39 Å². The lowest BCUT2D eigenvalue weighted by molar-refractivity contribution is -0.134. The summed E-state index contributed by atoms with van der Waals surface area (Å²) in [6.45, 7) is 4.64. The quantitative estimate of drug-likeness (QED) is 0.367. The van der Waals surface area contributed by atoms with Gasteiger partial charge in [0.1, 0.15) is 17.3 Å². The van der Waals surface area contributed by atoms with E-state index in [1.165, 1.54) is 13.8 Å². The van der Waals surface area contributed by atoms with E-state index in [0.717, 1.165) is 28.6 Å². The lowest BCUT2D eigenvalue weighted by Crippen LogP contribution is -2.48. The Balaban J connectivity index is 1.92. The second-order valence-electron chi connectivity index (χ2n) is 9.11. The Morgan fingerprint density at radius 2 is 1.88 bits per heavy atom. The van der Waals surface area contributed by atoms with E-state index in [9.17, 15) is 13.6 Å². The van der Waals surface area contributed by atoms with Gasteiger partial charge >= 0.3 is 5.97 Å². The van der Waals surface area contributed by atoms with Crippen LogP contribution in [-0.2, 0) is 11.2 Å². The van der Waals surface area contributed by atoms with Crippen LogP contribution < -0.4 is 0 Å². The topological polar surface area (TPSA) is 56.3 Å². The van der Waals surface area contributed by atoms with Crippen LogP contribution in [0.25, 0.3) is 17.0 Å². The van der Waals surface area contributed by atoms with Crippen molar-refractivity contribution in [2.75, 3.05) is 6.54 Å². The monoisotopic (exact) mass is 460 g/mol. The third-order valence-electron chi connectivity index (χ3n) is 5.95. The van der Waals surface area contributed by atoms with Crippen LogP contribution in [0.5, 0.6) is 0 Å². The molecule has 0 saturated heterocycles. The van der Waals surface area contributed by atoms with Gasteiger partial charge in [-0.25, -0.2) is 18.0 Å². The predicted octanol–water partition coefficient (Wildman–Crippen LogP) is 5.93. The van der Waals surface area contributed by atoms with E-state index in [1.54, 1.807) is 4.90 Å². The highest BCUT2D eigenvalue weighted by Gasteiger charge is 2.40. The summed E-state index contributed by atoms with van der Waals surface area (Å²) in [5.74, 6) is -5.30. The number of H-pyrrole nitrogens is 1. The van der Waals surface area contributed by atoms with Crippen LogP contribution in [-0.4, -0.2) is 39.2 Å². The number of aromatic amines is 1. The summed E-state index contributed by atoms with van der Waals surface area (Å²) in [7, 11) is 0. The highest BCUT2D eigenvalue weighted by molar-refractivity contribution is 5.89. The number of nitrogens with zero attached hydrogens (tertiary/aromatic N) is 1. The normalized spacial score (nSPS) is 19.7. The highest BCUT2D eigenvalue weighted by atomic mass is 19.1. The summed E-state index contributed by atoms with van der Waals surface area (Å²) in [4.78, 5) is 15.7. The summed E-state index contributed by atoms with van der Waals surface area (Å²) in [6.07, 6.45) is 1.12. The van der Waals surface area contributed by atoms with Crippen molar-refractivity contribution in [2.24, 2.45) is 0 Å². The van der Waals surface area contributed by atoms with Crippen LogP contribution in [0, 0.1) is 11.6 Å². The third kappa shape index (κ3) is 4.39. The van der Waals surface area contributed by atoms with Gasteiger partial charge < -0.3 is 10.1 Å². The number of carbonyl (C=O) groups is 1. The van der Waals surface area contributed by atoms with Crippen molar-refractivity contribution in [3.8, 4) is 0 Å². The van der Waals surface area contributed by atoms with Crippen molar-refractivity contribution < 1.29 is 27.5 Å². The summed E-state index contributed by atoms with van der Waals surface area (Å²) < 4.78 is 59.0. The Morgan fingerprint density at radius 1 is 1.24 bits per heavy atom. The molecule has 1 aliphatic rings.